The Morgan fingerprint density at radius 3 is 2.64 bits per heavy atom. The molecule has 0 radical (unpaired) electrons. The first-order chi connectivity index (χ1) is 10.8. The van der Waals surface area contributed by atoms with E-state index in [4.69, 9.17) is 4.98 Å². The maximum absolute atomic E-state index is 4.78. The molecule has 1 N–H and O–H groups in total. The third kappa shape index (κ3) is 2.15. The summed E-state index contributed by atoms with van der Waals surface area (Å²) >= 11 is 0. The number of pyridine rings is 2. The highest BCUT2D eigenvalue weighted by Gasteiger charge is 2.08. The highest BCUT2D eigenvalue weighted by Crippen LogP contribution is 2.27. The molecule has 4 aromatic rings. The molecular formula is C18H14N4. The lowest BCUT2D eigenvalue weighted by Gasteiger charge is -2.07. The van der Waals surface area contributed by atoms with Crippen molar-refractivity contribution in [1.82, 2.24) is 20.2 Å². The van der Waals surface area contributed by atoms with Crippen molar-refractivity contribution in [2.24, 2.45) is 0 Å². The third-order valence-corrected chi connectivity index (χ3v) is 3.76. The van der Waals surface area contributed by atoms with Crippen LogP contribution in [-0.4, -0.2) is 20.2 Å². The molecule has 0 fully saturated rings. The second-order valence-corrected chi connectivity index (χ2v) is 5.24. The lowest BCUT2D eigenvalue weighted by molar-refractivity contribution is 1.10. The van der Waals surface area contributed by atoms with Crippen LogP contribution in [0.5, 0.6) is 0 Å². The van der Waals surface area contributed by atoms with Gasteiger partial charge in [-0.2, -0.15) is 5.10 Å². The summed E-state index contributed by atoms with van der Waals surface area (Å²) in [4.78, 5) is 9.17. The maximum atomic E-state index is 4.78. The normalized spacial score (nSPS) is 11.0. The largest absolute Gasteiger partial charge is 0.278 e. The van der Waals surface area contributed by atoms with Crippen molar-refractivity contribution in [2.75, 3.05) is 0 Å². The van der Waals surface area contributed by atoms with Crippen LogP contribution in [0.25, 0.3) is 33.5 Å². The Balaban J connectivity index is 1.92. The molecule has 4 nitrogen and oxygen atoms in total. The summed E-state index contributed by atoms with van der Waals surface area (Å²) in [5.41, 5.74) is 6.01. The number of aromatic amines is 1. The van der Waals surface area contributed by atoms with Crippen molar-refractivity contribution in [3.63, 3.8) is 0 Å². The Morgan fingerprint density at radius 1 is 0.909 bits per heavy atom. The van der Waals surface area contributed by atoms with E-state index >= 15 is 0 Å². The van der Waals surface area contributed by atoms with Crippen molar-refractivity contribution >= 4 is 10.9 Å². The number of aromatic nitrogens is 4. The highest BCUT2D eigenvalue weighted by atomic mass is 15.1. The number of benzene rings is 1. The van der Waals surface area contributed by atoms with Gasteiger partial charge in [0.15, 0.2) is 0 Å². The SMILES string of the molecule is Cc1cc(-c2ccccn2)nc2cc(-c3ccn[nH]3)ccc12. The molecule has 106 valence electrons. The van der Waals surface area contributed by atoms with E-state index in [9.17, 15) is 0 Å². The quantitative estimate of drug-likeness (QED) is 0.606. The van der Waals surface area contributed by atoms with E-state index in [1.54, 1.807) is 12.4 Å². The van der Waals surface area contributed by atoms with E-state index in [0.29, 0.717) is 0 Å². The minimum atomic E-state index is 0.888. The van der Waals surface area contributed by atoms with E-state index in [0.717, 1.165) is 33.5 Å². The Kier molecular flexibility index (Phi) is 2.93. The molecule has 4 rings (SSSR count). The molecule has 22 heavy (non-hydrogen) atoms. The first-order valence-electron chi connectivity index (χ1n) is 7.14. The molecule has 3 heterocycles. The van der Waals surface area contributed by atoms with Crippen LogP contribution in [-0.2, 0) is 0 Å². The van der Waals surface area contributed by atoms with Gasteiger partial charge in [-0.05, 0) is 42.8 Å². The van der Waals surface area contributed by atoms with Gasteiger partial charge < -0.3 is 0 Å². The van der Waals surface area contributed by atoms with E-state index in [-0.39, 0.29) is 0 Å². The summed E-state index contributed by atoms with van der Waals surface area (Å²) in [5.74, 6) is 0. The number of nitrogens with zero attached hydrogens (tertiary/aromatic N) is 3. The van der Waals surface area contributed by atoms with E-state index in [1.165, 1.54) is 5.56 Å². The van der Waals surface area contributed by atoms with Gasteiger partial charge in [-0.1, -0.05) is 18.2 Å². The zero-order chi connectivity index (χ0) is 14.9. The van der Waals surface area contributed by atoms with Gasteiger partial charge in [0, 0.05) is 23.3 Å². The average molecular weight is 286 g/mol. The molecule has 0 aliphatic carbocycles. The Bertz CT molecular complexity index is 928. The number of fused-ring (bicyclic) bond motifs is 1. The minimum absolute atomic E-state index is 0.888. The Hall–Kier alpha value is -3.01. The fraction of sp³-hybridized carbons (Fsp3) is 0.0556. The molecule has 1 aromatic carbocycles. The highest BCUT2D eigenvalue weighted by molar-refractivity contribution is 5.88. The summed E-state index contributed by atoms with van der Waals surface area (Å²) in [7, 11) is 0. The first kappa shape index (κ1) is 12.7. The van der Waals surface area contributed by atoms with Gasteiger partial charge in [0.1, 0.15) is 0 Å². The van der Waals surface area contributed by atoms with Crippen molar-refractivity contribution in [3.05, 3.63) is 66.5 Å². The van der Waals surface area contributed by atoms with Crippen LogP contribution in [0.15, 0.2) is 60.9 Å². The first-order valence-corrected chi connectivity index (χ1v) is 7.14. The number of nitrogens with one attached hydrogen (secondary N) is 1. The molecule has 4 heteroatoms. The summed E-state index contributed by atoms with van der Waals surface area (Å²) in [5, 5.41) is 8.15. The van der Waals surface area contributed by atoms with Gasteiger partial charge >= 0.3 is 0 Å². The van der Waals surface area contributed by atoms with Crippen LogP contribution in [0.4, 0.5) is 0 Å². The fourth-order valence-electron chi connectivity index (χ4n) is 2.63. The summed E-state index contributed by atoms with van der Waals surface area (Å²) in [6, 6.07) is 16.2. The second-order valence-electron chi connectivity index (χ2n) is 5.24. The van der Waals surface area contributed by atoms with Crippen LogP contribution in [0, 0.1) is 6.92 Å². The number of hydrogen-bond donors (Lipinski definition) is 1. The molecule has 0 aliphatic heterocycles. The lowest BCUT2D eigenvalue weighted by Crippen LogP contribution is -1.91. The predicted molar refractivity (Wildman–Crippen MR) is 87.3 cm³/mol. The second kappa shape index (κ2) is 5.07. The number of rotatable bonds is 2. The van der Waals surface area contributed by atoms with Gasteiger partial charge in [-0.25, -0.2) is 4.98 Å². The molecule has 0 bridgehead atoms. The standard InChI is InChI=1S/C18H14N4/c1-12-10-18(16-4-2-3-8-19-16)21-17-11-13(5-6-14(12)17)15-7-9-20-22-15/h2-11H,1H3,(H,20,22). The summed E-state index contributed by atoms with van der Waals surface area (Å²) in [6.45, 7) is 2.10. The zero-order valence-electron chi connectivity index (χ0n) is 12.1. The van der Waals surface area contributed by atoms with Gasteiger partial charge in [-0.15, -0.1) is 0 Å². The molecule has 3 aromatic heterocycles. The number of aryl methyl sites for hydroxylation is 1. The summed E-state index contributed by atoms with van der Waals surface area (Å²) < 4.78 is 0. The number of H-pyrrole nitrogens is 1. The summed E-state index contributed by atoms with van der Waals surface area (Å²) in [6.07, 6.45) is 3.54. The Morgan fingerprint density at radius 2 is 1.86 bits per heavy atom. The zero-order valence-corrected chi connectivity index (χ0v) is 12.1. The minimum Gasteiger partial charge on any atom is -0.278 e. The molecule has 0 amide bonds. The van der Waals surface area contributed by atoms with Gasteiger partial charge in [0.05, 0.1) is 22.6 Å². The van der Waals surface area contributed by atoms with Gasteiger partial charge in [-0.3, -0.25) is 10.1 Å². The lowest BCUT2D eigenvalue weighted by atomic mass is 10.0. The molecule has 0 atom stereocenters. The van der Waals surface area contributed by atoms with Crippen molar-refractivity contribution in [1.29, 1.82) is 0 Å². The maximum Gasteiger partial charge on any atom is 0.0896 e. The van der Waals surface area contributed by atoms with E-state index < -0.39 is 0 Å². The van der Waals surface area contributed by atoms with Crippen LogP contribution in [0.2, 0.25) is 0 Å². The molecule has 0 saturated heterocycles. The predicted octanol–water partition coefficient (Wildman–Crippen LogP) is 4.00. The molecular weight excluding hydrogens is 272 g/mol. The van der Waals surface area contributed by atoms with Crippen molar-refractivity contribution < 1.29 is 0 Å². The number of hydrogen-bond acceptors (Lipinski definition) is 3. The van der Waals surface area contributed by atoms with E-state index in [1.807, 2.05) is 24.3 Å². The monoisotopic (exact) mass is 286 g/mol. The topological polar surface area (TPSA) is 54.5 Å². The Labute approximate surface area is 127 Å². The molecule has 0 unspecified atom stereocenters. The van der Waals surface area contributed by atoms with Crippen LogP contribution in [0.3, 0.4) is 0 Å². The van der Waals surface area contributed by atoms with E-state index in [2.05, 4.69) is 46.4 Å². The molecule has 0 saturated carbocycles. The van der Waals surface area contributed by atoms with Crippen molar-refractivity contribution in [3.8, 4) is 22.6 Å². The smallest absolute Gasteiger partial charge is 0.0896 e. The van der Waals surface area contributed by atoms with Gasteiger partial charge in [0.2, 0.25) is 0 Å². The molecule has 0 spiro atoms. The fourth-order valence-corrected chi connectivity index (χ4v) is 2.63. The third-order valence-electron chi connectivity index (χ3n) is 3.76. The van der Waals surface area contributed by atoms with Crippen molar-refractivity contribution in [2.45, 2.75) is 6.92 Å². The van der Waals surface area contributed by atoms with Gasteiger partial charge in [0.25, 0.3) is 0 Å². The van der Waals surface area contributed by atoms with Crippen LogP contribution >= 0.6 is 0 Å². The average Bonchev–Trinajstić information content (AvgIpc) is 3.09. The van der Waals surface area contributed by atoms with Crippen LogP contribution in [0.1, 0.15) is 5.56 Å². The molecule has 0 aliphatic rings. The van der Waals surface area contributed by atoms with Crippen LogP contribution < -0.4 is 0 Å².